The molecule has 0 spiro atoms. The number of para-hydroxylation sites is 1. The summed E-state index contributed by atoms with van der Waals surface area (Å²) in [6, 6.07) is 8.06. The molecule has 0 saturated carbocycles. The van der Waals surface area contributed by atoms with Crippen molar-refractivity contribution in [2.45, 2.75) is 23.8 Å². The zero-order valence-corrected chi connectivity index (χ0v) is 13.6. The minimum absolute atomic E-state index is 0.00996. The molecular formula is C16H21N3O2S. The second-order valence-electron chi connectivity index (χ2n) is 5.72. The van der Waals surface area contributed by atoms with E-state index >= 15 is 0 Å². The summed E-state index contributed by atoms with van der Waals surface area (Å²) in [5.41, 5.74) is 0.857. The van der Waals surface area contributed by atoms with Crippen LogP contribution in [-0.4, -0.2) is 55.2 Å². The molecule has 1 aromatic rings. The van der Waals surface area contributed by atoms with Crippen molar-refractivity contribution in [2.24, 2.45) is 0 Å². The molecule has 1 N–H and O–H groups in total. The summed E-state index contributed by atoms with van der Waals surface area (Å²) >= 11 is 1.54. The molecule has 0 unspecified atom stereocenters. The number of carbonyl (C=O) groups is 2. The third-order valence-electron chi connectivity index (χ3n) is 4.35. The first-order chi connectivity index (χ1) is 10.7. The van der Waals surface area contributed by atoms with E-state index in [2.05, 4.69) is 5.32 Å². The normalized spacial score (nSPS) is 19.0. The first-order valence-corrected chi connectivity index (χ1v) is 8.64. The molecule has 2 aliphatic rings. The predicted octanol–water partition coefficient (Wildman–Crippen LogP) is 1.34. The average molecular weight is 319 g/mol. The lowest BCUT2D eigenvalue weighted by molar-refractivity contribution is -0.132. The predicted molar refractivity (Wildman–Crippen MR) is 88.2 cm³/mol. The number of rotatable bonds is 3. The molecule has 2 heterocycles. The number of piperidine rings is 1. The number of anilines is 1. The molecular weight excluding hydrogens is 298 g/mol. The lowest BCUT2D eigenvalue weighted by atomic mass is 10.1. The molecule has 3 rings (SSSR count). The van der Waals surface area contributed by atoms with Crippen molar-refractivity contribution >= 4 is 29.3 Å². The van der Waals surface area contributed by atoms with E-state index in [4.69, 9.17) is 0 Å². The van der Waals surface area contributed by atoms with Crippen LogP contribution in [0.5, 0.6) is 0 Å². The Morgan fingerprint density at radius 1 is 1.36 bits per heavy atom. The largest absolute Gasteiger partial charge is 0.341 e. The number of nitrogens with zero attached hydrogens (tertiary/aromatic N) is 2. The van der Waals surface area contributed by atoms with E-state index in [1.807, 2.05) is 36.2 Å². The van der Waals surface area contributed by atoms with Gasteiger partial charge >= 0.3 is 0 Å². The van der Waals surface area contributed by atoms with Crippen LogP contribution in [0, 0.1) is 0 Å². The van der Waals surface area contributed by atoms with E-state index in [1.54, 1.807) is 4.90 Å². The van der Waals surface area contributed by atoms with Crippen LogP contribution < -0.4 is 10.2 Å². The third-order valence-corrected chi connectivity index (χ3v) is 5.40. The minimum Gasteiger partial charge on any atom is -0.341 e. The van der Waals surface area contributed by atoms with Crippen LogP contribution in [0.3, 0.4) is 0 Å². The highest BCUT2D eigenvalue weighted by molar-refractivity contribution is 8.00. The zero-order chi connectivity index (χ0) is 15.5. The van der Waals surface area contributed by atoms with Gasteiger partial charge in [0, 0.05) is 18.0 Å². The molecule has 0 atom stereocenters. The number of fused-ring (bicyclic) bond motifs is 1. The molecule has 2 aliphatic heterocycles. The van der Waals surface area contributed by atoms with Gasteiger partial charge in [0.25, 0.3) is 0 Å². The van der Waals surface area contributed by atoms with Crippen LogP contribution in [0.4, 0.5) is 5.69 Å². The highest BCUT2D eigenvalue weighted by Gasteiger charge is 2.29. The molecule has 1 aromatic carbocycles. The van der Waals surface area contributed by atoms with Crippen molar-refractivity contribution in [1.29, 1.82) is 0 Å². The van der Waals surface area contributed by atoms with Crippen molar-refractivity contribution < 1.29 is 9.59 Å². The van der Waals surface area contributed by atoms with Gasteiger partial charge < -0.3 is 15.1 Å². The van der Waals surface area contributed by atoms with Crippen molar-refractivity contribution in [3.63, 3.8) is 0 Å². The Hall–Kier alpha value is -1.53. The number of carbonyl (C=O) groups excluding carboxylic acids is 2. The molecule has 1 saturated heterocycles. The molecule has 1 fully saturated rings. The molecule has 22 heavy (non-hydrogen) atoms. The van der Waals surface area contributed by atoms with Crippen LogP contribution >= 0.6 is 11.8 Å². The fraction of sp³-hybridized carbons (Fsp3) is 0.500. The van der Waals surface area contributed by atoms with Gasteiger partial charge in [0.05, 0.1) is 11.4 Å². The van der Waals surface area contributed by atoms with E-state index in [9.17, 15) is 9.59 Å². The van der Waals surface area contributed by atoms with Crippen molar-refractivity contribution in [2.75, 3.05) is 37.3 Å². The molecule has 0 aliphatic carbocycles. The third kappa shape index (κ3) is 3.13. The monoisotopic (exact) mass is 319 g/mol. The van der Waals surface area contributed by atoms with Crippen LogP contribution in [0.2, 0.25) is 0 Å². The second kappa shape index (κ2) is 6.71. The Bertz CT molecular complexity index is 572. The Morgan fingerprint density at radius 2 is 2.09 bits per heavy atom. The quantitative estimate of drug-likeness (QED) is 0.913. The van der Waals surface area contributed by atoms with Gasteiger partial charge in [0.2, 0.25) is 11.8 Å². The molecule has 0 bridgehead atoms. The van der Waals surface area contributed by atoms with E-state index in [-0.39, 0.29) is 24.4 Å². The molecule has 0 radical (unpaired) electrons. The van der Waals surface area contributed by atoms with Gasteiger partial charge in [0.15, 0.2) is 0 Å². The molecule has 5 nitrogen and oxygen atoms in total. The summed E-state index contributed by atoms with van der Waals surface area (Å²) in [7, 11) is 1.85. The second-order valence-corrected chi connectivity index (χ2v) is 6.74. The Labute approximate surface area is 135 Å². The lowest BCUT2D eigenvalue weighted by Gasteiger charge is -2.34. The number of benzene rings is 1. The highest BCUT2D eigenvalue weighted by Crippen LogP contribution is 2.34. The number of nitrogens with one attached hydrogen (secondary N) is 1. The zero-order valence-electron chi connectivity index (χ0n) is 12.7. The van der Waals surface area contributed by atoms with E-state index in [0.717, 1.165) is 36.5 Å². The maximum atomic E-state index is 12.6. The van der Waals surface area contributed by atoms with Crippen molar-refractivity contribution in [3.05, 3.63) is 24.3 Å². The summed E-state index contributed by atoms with van der Waals surface area (Å²) < 4.78 is 0. The van der Waals surface area contributed by atoms with Crippen LogP contribution in [0.1, 0.15) is 12.8 Å². The molecule has 0 aromatic heterocycles. The fourth-order valence-corrected chi connectivity index (χ4v) is 3.91. The number of hydrogen-bond acceptors (Lipinski definition) is 4. The maximum absolute atomic E-state index is 12.6. The summed E-state index contributed by atoms with van der Waals surface area (Å²) in [6.07, 6.45) is 1.95. The van der Waals surface area contributed by atoms with Gasteiger partial charge in [-0.2, -0.15) is 0 Å². The minimum atomic E-state index is 0.00996. The number of amides is 2. The van der Waals surface area contributed by atoms with Crippen LogP contribution in [-0.2, 0) is 9.59 Å². The van der Waals surface area contributed by atoms with E-state index < -0.39 is 0 Å². The number of thioether (sulfide) groups is 1. The van der Waals surface area contributed by atoms with Crippen molar-refractivity contribution in [3.8, 4) is 0 Å². The summed E-state index contributed by atoms with van der Waals surface area (Å²) in [6.45, 7) is 2.03. The smallest absolute Gasteiger partial charge is 0.242 e. The van der Waals surface area contributed by atoms with Gasteiger partial charge in [-0.1, -0.05) is 12.1 Å². The Balaban J connectivity index is 1.71. The van der Waals surface area contributed by atoms with Gasteiger partial charge in [-0.05, 0) is 38.1 Å². The number of hydrogen-bond donors (Lipinski definition) is 1. The summed E-state index contributed by atoms with van der Waals surface area (Å²) in [4.78, 5) is 29.3. The fourth-order valence-electron chi connectivity index (χ4n) is 2.97. The summed E-state index contributed by atoms with van der Waals surface area (Å²) in [5.74, 6) is 0.430. The highest BCUT2D eigenvalue weighted by atomic mass is 32.2. The van der Waals surface area contributed by atoms with Gasteiger partial charge in [-0.3, -0.25) is 9.59 Å². The summed E-state index contributed by atoms with van der Waals surface area (Å²) in [5, 5.41) is 3.30. The van der Waals surface area contributed by atoms with Gasteiger partial charge in [-0.25, -0.2) is 0 Å². The Morgan fingerprint density at radius 3 is 2.86 bits per heavy atom. The van der Waals surface area contributed by atoms with E-state index in [1.165, 1.54) is 11.8 Å². The lowest BCUT2D eigenvalue weighted by Crippen LogP contribution is -2.49. The Kier molecular flexibility index (Phi) is 4.69. The maximum Gasteiger partial charge on any atom is 0.242 e. The SMILES string of the molecule is CN(C(=O)CN1C(=O)CSc2ccccc21)C1CCNCC1. The van der Waals surface area contributed by atoms with Crippen LogP contribution in [0.15, 0.2) is 29.2 Å². The first kappa shape index (κ1) is 15.4. The van der Waals surface area contributed by atoms with Gasteiger partial charge in [-0.15, -0.1) is 11.8 Å². The van der Waals surface area contributed by atoms with Crippen LogP contribution in [0.25, 0.3) is 0 Å². The van der Waals surface area contributed by atoms with Crippen molar-refractivity contribution in [1.82, 2.24) is 10.2 Å². The first-order valence-electron chi connectivity index (χ1n) is 7.65. The molecule has 6 heteroatoms. The molecule has 118 valence electrons. The van der Waals surface area contributed by atoms with E-state index in [0.29, 0.717) is 5.75 Å². The standard InChI is InChI=1S/C16H21N3O2S/c1-18(12-6-8-17-9-7-12)15(20)10-19-13-4-2-3-5-14(13)22-11-16(19)21/h2-5,12,17H,6-11H2,1H3. The van der Waals surface area contributed by atoms with Gasteiger partial charge in [0.1, 0.15) is 6.54 Å². The molecule has 2 amide bonds. The average Bonchev–Trinajstić information content (AvgIpc) is 2.57. The number of likely N-dealkylation sites (N-methyl/N-ethyl adjacent to an activating group) is 1. The topological polar surface area (TPSA) is 52.7 Å².